The molecule has 122 valence electrons. The first-order valence-electron chi connectivity index (χ1n) is 6.85. The summed E-state index contributed by atoms with van der Waals surface area (Å²) in [5.74, 6) is 1.74. The second-order valence-electron chi connectivity index (χ2n) is 4.24. The SMILES string of the molecule is C=N/N=C(/C)N(CSCC=O)c1cccc2cccnc12.CO. The van der Waals surface area contributed by atoms with Gasteiger partial charge in [0.2, 0.25) is 0 Å². The second-order valence-corrected chi connectivity index (χ2v) is 5.24. The molecule has 0 bridgehead atoms. The van der Waals surface area contributed by atoms with Gasteiger partial charge >= 0.3 is 0 Å². The molecule has 23 heavy (non-hydrogen) atoms. The van der Waals surface area contributed by atoms with Gasteiger partial charge in [-0.25, -0.2) is 0 Å². The number of para-hydroxylation sites is 1. The van der Waals surface area contributed by atoms with Gasteiger partial charge in [-0.1, -0.05) is 18.2 Å². The molecule has 0 spiro atoms. The summed E-state index contributed by atoms with van der Waals surface area (Å²) in [5, 5.41) is 15.7. The Labute approximate surface area is 139 Å². The molecule has 0 saturated heterocycles. The van der Waals surface area contributed by atoms with Crippen LogP contribution < -0.4 is 4.90 Å². The molecule has 1 heterocycles. The number of rotatable bonds is 6. The van der Waals surface area contributed by atoms with Gasteiger partial charge in [-0.05, 0) is 19.1 Å². The Morgan fingerprint density at radius 2 is 2.13 bits per heavy atom. The Hall–Kier alpha value is -2.25. The van der Waals surface area contributed by atoms with Gasteiger partial charge in [-0.3, -0.25) is 4.98 Å². The number of aliphatic hydroxyl groups is 1. The van der Waals surface area contributed by atoms with Crippen LogP contribution in [0.2, 0.25) is 0 Å². The van der Waals surface area contributed by atoms with Gasteiger partial charge in [0.1, 0.15) is 12.1 Å². The molecule has 2 aromatic rings. The number of nitrogens with zero attached hydrogens (tertiary/aromatic N) is 4. The monoisotopic (exact) mass is 332 g/mol. The number of hydrogen-bond donors (Lipinski definition) is 1. The number of benzene rings is 1. The highest BCUT2D eigenvalue weighted by Gasteiger charge is 2.14. The number of aliphatic hydroxyl groups excluding tert-OH is 1. The molecule has 0 aliphatic rings. The average molecular weight is 332 g/mol. The number of anilines is 1. The zero-order valence-electron chi connectivity index (χ0n) is 13.2. The normalized spacial score (nSPS) is 10.7. The molecule has 6 nitrogen and oxygen atoms in total. The van der Waals surface area contributed by atoms with Gasteiger partial charge < -0.3 is 14.8 Å². The molecule has 0 unspecified atom stereocenters. The first kappa shape index (κ1) is 18.8. The first-order chi connectivity index (χ1) is 11.3. The minimum Gasteiger partial charge on any atom is -0.400 e. The van der Waals surface area contributed by atoms with E-state index in [1.807, 2.05) is 42.2 Å². The number of pyridine rings is 1. The number of amidine groups is 1. The summed E-state index contributed by atoms with van der Waals surface area (Å²) >= 11 is 1.51. The van der Waals surface area contributed by atoms with Gasteiger partial charge in [0.15, 0.2) is 0 Å². The molecule has 0 radical (unpaired) electrons. The molecule has 7 heteroatoms. The second kappa shape index (κ2) is 10.5. The Morgan fingerprint density at radius 1 is 1.39 bits per heavy atom. The first-order valence-corrected chi connectivity index (χ1v) is 8.01. The van der Waals surface area contributed by atoms with E-state index in [1.165, 1.54) is 11.8 Å². The molecule has 0 aliphatic carbocycles. The standard InChI is InChI=1S/C15H16N4OS.CH4O/c1-12(18-16-2)19(11-21-10-9-20)14-7-3-5-13-6-4-8-17-15(13)14;1-2/h3-9H,2,10-11H2,1H3;2H,1H3/b18-12-;. The van der Waals surface area contributed by atoms with E-state index in [1.54, 1.807) is 6.20 Å². The molecule has 0 atom stereocenters. The summed E-state index contributed by atoms with van der Waals surface area (Å²) in [7, 11) is 1.00. The van der Waals surface area contributed by atoms with Crippen LogP contribution >= 0.6 is 11.8 Å². The molecule has 0 amide bonds. The van der Waals surface area contributed by atoms with Crippen molar-refractivity contribution >= 4 is 47.2 Å². The minimum absolute atomic E-state index is 0.434. The molecule has 0 saturated carbocycles. The van der Waals surface area contributed by atoms with Crippen molar-refractivity contribution in [2.75, 3.05) is 23.6 Å². The Kier molecular flexibility index (Phi) is 8.56. The lowest BCUT2D eigenvalue weighted by Crippen LogP contribution is -2.28. The summed E-state index contributed by atoms with van der Waals surface area (Å²) in [6, 6.07) is 9.90. The summed E-state index contributed by atoms with van der Waals surface area (Å²) < 4.78 is 0. The van der Waals surface area contributed by atoms with Gasteiger partial charge in [-0.15, -0.1) is 16.9 Å². The van der Waals surface area contributed by atoms with Crippen molar-refractivity contribution in [3.05, 3.63) is 36.5 Å². The molecule has 0 fully saturated rings. The van der Waals surface area contributed by atoms with Crippen LogP contribution in [0.1, 0.15) is 6.92 Å². The van der Waals surface area contributed by atoms with Crippen LogP contribution in [0.5, 0.6) is 0 Å². The third-order valence-corrected chi connectivity index (χ3v) is 3.73. The van der Waals surface area contributed by atoms with Crippen LogP contribution in [0.3, 0.4) is 0 Å². The highest BCUT2D eigenvalue weighted by atomic mass is 32.2. The van der Waals surface area contributed by atoms with Gasteiger partial charge in [-0.2, -0.15) is 5.10 Å². The van der Waals surface area contributed by atoms with E-state index >= 15 is 0 Å². The molecule has 2 rings (SSSR count). The number of carbonyl (C=O) groups excluding carboxylic acids is 1. The van der Waals surface area contributed by atoms with E-state index < -0.39 is 0 Å². The summed E-state index contributed by atoms with van der Waals surface area (Å²) in [5.41, 5.74) is 1.83. The maximum Gasteiger partial charge on any atom is 0.129 e. The van der Waals surface area contributed by atoms with Gasteiger partial charge in [0.25, 0.3) is 0 Å². The summed E-state index contributed by atoms with van der Waals surface area (Å²) in [6.07, 6.45) is 2.66. The van der Waals surface area contributed by atoms with Crippen molar-refractivity contribution in [2.24, 2.45) is 10.2 Å². The maximum absolute atomic E-state index is 10.5. The quantitative estimate of drug-likeness (QED) is 0.220. The van der Waals surface area contributed by atoms with Crippen molar-refractivity contribution < 1.29 is 9.90 Å². The lowest BCUT2D eigenvalue weighted by Gasteiger charge is -2.24. The molecular weight excluding hydrogens is 312 g/mol. The van der Waals surface area contributed by atoms with Crippen molar-refractivity contribution in [2.45, 2.75) is 6.92 Å². The summed E-state index contributed by atoms with van der Waals surface area (Å²) in [4.78, 5) is 17.0. The molecule has 1 aromatic heterocycles. The lowest BCUT2D eigenvalue weighted by molar-refractivity contribution is -0.105. The van der Waals surface area contributed by atoms with E-state index in [0.717, 1.165) is 30.0 Å². The zero-order chi connectivity index (χ0) is 17.1. The Bertz CT molecular complexity index is 671. The lowest BCUT2D eigenvalue weighted by atomic mass is 10.2. The van der Waals surface area contributed by atoms with Crippen molar-refractivity contribution in [3.63, 3.8) is 0 Å². The third-order valence-electron chi connectivity index (χ3n) is 2.91. The predicted molar refractivity (Wildman–Crippen MR) is 98.4 cm³/mol. The number of aldehydes is 1. The van der Waals surface area contributed by atoms with E-state index in [4.69, 9.17) is 5.11 Å². The van der Waals surface area contributed by atoms with Gasteiger partial charge in [0.05, 0.1) is 22.8 Å². The summed E-state index contributed by atoms with van der Waals surface area (Å²) in [6.45, 7) is 5.25. The number of carbonyl (C=O) groups is 1. The fourth-order valence-electron chi connectivity index (χ4n) is 1.99. The maximum atomic E-state index is 10.5. The van der Waals surface area contributed by atoms with Crippen molar-refractivity contribution in [3.8, 4) is 0 Å². The van der Waals surface area contributed by atoms with Gasteiger partial charge in [0, 0.05) is 25.4 Å². The largest absolute Gasteiger partial charge is 0.400 e. The van der Waals surface area contributed by atoms with Crippen LogP contribution in [-0.2, 0) is 4.79 Å². The Morgan fingerprint density at radius 3 is 2.83 bits per heavy atom. The van der Waals surface area contributed by atoms with Crippen LogP contribution in [0.25, 0.3) is 10.9 Å². The van der Waals surface area contributed by atoms with E-state index in [2.05, 4.69) is 21.9 Å². The topological polar surface area (TPSA) is 78.2 Å². The molecule has 0 aliphatic heterocycles. The van der Waals surface area contributed by atoms with Crippen molar-refractivity contribution in [1.82, 2.24) is 4.98 Å². The van der Waals surface area contributed by atoms with Crippen LogP contribution in [-0.4, -0.2) is 47.7 Å². The van der Waals surface area contributed by atoms with E-state index in [0.29, 0.717) is 17.5 Å². The number of fused-ring (bicyclic) bond motifs is 1. The average Bonchev–Trinajstić information content (AvgIpc) is 2.60. The smallest absolute Gasteiger partial charge is 0.129 e. The fourth-order valence-corrected chi connectivity index (χ4v) is 2.70. The van der Waals surface area contributed by atoms with E-state index in [9.17, 15) is 4.79 Å². The van der Waals surface area contributed by atoms with Crippen LogP contribution in [0.15, 0.2) is 46.7 Å². The van der Waals surface area contributed by atoms with E-state index in [-0.39, 0.29) is 0 Å². The number of thioether (sulfide) groups is 1. The highest BCUT2D eigenvalue weighted by Crippen LogP contribution is 2.26. The Balaban J connectivity index is 0.00000127. The van der Waals surface area contributed by atoms with Crippen LogP contribution in [0, 0.1) is 0 Å². The fraction of sp³-hybridized carbons (Fsp3) is 0.250. The number of hydrogen-bond acceptors (Lipinski definition) is 6. The number of aromatic nitrogens is 1. The van der Waals surface area contributed by atoms with Crippen LogP contribution in [0.4, 0.5) is 5.69 Å². The highest BCUT2D eigenvalue weighted by molar-refractivity contribution is 7.99. The molecular formula is C16H20N4O2S. The third kappa shape index (κ3) is 5.15. The molecule has 1 N–H and O–H groups in total. The minimum atomic E-state index is 0.434. The predicted octanol–water partition coefficient (Wildman–Crippen LogP) is 2.57. The molecule has 1 aromatic carbocycles. The zero-order valence-corrected chi connectivity index (χ0v) is 14.0. The van der Waals surface area contributed by atoms with Crippen molar-refractivity contribution in [1.29, 1.82) is 0 Å².